The van der Waals surface area contributed by atoms with Crippen LogP contribution in [0.1, 0.15) is 30.5 Å². The predicted molar refractivity (Wildman–Crippen MR) is 127 cm³/mol. The number of hydrogen-bond acceptors (Lipinski definition) is 4. The lowest BCUT2D eigenvalue weighted by atomic mass is 10.00. The quantitative estimate of drug-likeness (QED) is 0.247. The van der Waals surface area contributed by atoms with Gasteiger partial charge in [-0.2, -0.15) is 0 Å². The summed E-state index contributed by atoms with van der Waals surface area (Å²) in [4.78, 5) is 15.3. The zero-order valence-electron chi connectivity index (χ0n) is 18.2. The third-order valence-electron chi connectivity index (χ3n) is 5.79. The minimum atomic E-state index is -0.392. The SMILES string of the molecule is CC(NC(=NCc1ccc([N+](=O)[O-])cc1)NCC1CCOC1)c1cccc2ccccc12. The van der Waals surface area contributed by atoms with Crippen molar-refractivity contribution in [3.8, 4) is 0 Å². The summed E-state index contributed by atoms with van der Waals surface area (Å²) in [5, 5.41) is 20.3. The largest absolute Gasteiger partial charge is 0.381 e. The Balaban J connectivity index is 1.51. The number of rotatable bonds is 7. The molecule has 2 atom stereocenters. The molecule has 0 aromatic heterocycles. The van der Waals surface area contributed by atoms with Crippen molar-refractivity contribution in [2.45, 2.75) is 25.9 Å². The van der Waals surface area contributed by atoms with Crippen molar-refractivity contribution in [1.82, 2.24) is 10.6 Å². The van der Waals surface area contributed by atoms with Crippen LogP contribution in [0, 0.1) is 16.0 Å². The van der Waals surface area contributed by atoms with Gasteiger partial charge in [0.25, 0.3) is 5.69 Å². The average molecular weight is 433 g/mol. The first-order chi connectivity index (χ1) is 15.6. The van der Waals surface area contributed by atoms with Crippen molar-refractivity contribution < 1.29 is 9.66 Å². The number of nitro groups is 1. The van der Waals surface area contributed by atoms with Crippen molar-refractivity contribution in [1.29, 1.82) is 0 Å². The maximum atomic E-state index is 10.9. The molecule has 0 aliphatic carbocycles. The van der Waals surface area contributed by atoms with Crippen LogP contribution in [0.2, 0.25) is 0 Å². The zero-order chi connectivity index (χ0) is 22.3. The fourth-order valence-corrected chi connectivity index (χ4v) is 3.94. The van der Waals surface area contributed by atoms with Crippen LogP contribution in [0.15, 0.2) is 71.7 Å². The van der Waals surface area contributed by atoms with E-state index in [4.69, 9.17) is 9.73 Å². The Morgan fingerprint density at radius 1 is 1.16 bits per heavy atom. The van der Waals surface area contributed by atoms with E-state index < -0.39 is 4.92 Å². The van der Waals surface area contributed by atoms with E-state index in [9.17, 15) is 10.1 Å². The summed E-state index contributed by atoms with van der Waals surface area (Å²) in [5.41, 5.74) is 2.20. The number of nitro benzene ring substituents is 1. The van der Waals surface area contributed by atoms with Crippen LogP contribution in [-0.2, 0) is 11.3 Å². The molecular formula is C25H28N4O3. The maximum Gasteiger partial charge on any atom is 0.269 e. The minimum Gasteiger partial charge on any atom is -0.381 e. The van der Waals surface area contributed by atoms with Gasteiger partial charge in [-0.15, -0.1) is 0 Å². The van der Waals surface area contributed by atoms with E-state index in [2.05, 4.69) is 54.0 Å². The molecule has 4 rings (SSSR count). The van der Waals surface area contributed by atoms with Crippen molar-refractivity contribution in [2.24, 2.45) is 10.9 Å². The molecule has 2 unspecified atom stereocenters. The second kappa shape index (κ2) is 10.2. The molecule has 0 amide bonds. The summed E-state index contributed by atoms with van der Waals surface area (Å²) in [7, 11) is 0. The number of guanidine groups is 1. The lowest BCUT2D eigenvalue weighted by molar-refractivity contribution is -0.384. The van der Waals surface area contributed by atoms with Gasteiger partial charge in [0.05, 0.1) is 24.1 Å². The fraction of sp³-hybridized carbons (Fsp3) is 0.320. The van der Waals surface area contributed by atoms with E-state index >= 15 is 0 Å². The van der Waals surface area contributed by atoms with Gasteiger partial charge in [-0.05, 0) is 35.2 Å². The van der Waals surface area contributed by atoms with Gasteiger partial charge in [-0.3, -0.25) is 10.1 Å². The number of non-ortho nitro benzene ring substituents is 1. The number of fused-ring (bicyclic) bond motifs is 1. The van der Waals surface area contributed by atoms with Gasteiger partial charge in [-0.1, -0.05) is 54.6 Å². The lowest BCUT2D eigenvalue weighted by Gasteiger charge is -2.21. The van der Waals surface area contributed by atoms with Gasteiger partial charge in [0.2, 0.25) is 0 Å². The minimum absolute atomic E-state index is 0.0454. The second-order valence-corrected chi connectivity index (χ2v) is 8.13. The molecule has 0 bridgehead atoms. The van der Waals surface area contributed by atoms with E-state index in [0.29, 0.717) is 12.5 Å². The molecule has 0 radical (unpaired) electrons. The molecule has 3 aromatic carbocycles. The first-order valence-corrected chi connectivity index (χ1v) is 10.9. The van der Waals surface area contributed by atoms with E-state index in [0.717, 1.165) is 37.7 Å². The smallest absolute Gasteiger partial charge is 0.269 e. The Morgan fingerprint density at radius 2 is 1.94 bits per heavy atom. The highest BCUT2D eigenvalue weighted by atomic mass is 16.6. The third-order valence-corrected chi connectivity index (χ3v) is 5.79. The van der Waals surface area contributed by atoms with Crippen LogP contribution in [0.25, 0.3) is 10.8 Å². The van der Waals surface area contributed by atoms with E-state index in [1.54, 1.807) is 12.1 Å². The molecule has 1 saturated heterocycles. The third kappa shape index (κ3) is 5.42. The molecule has 1 aliphatic heterocycles. The van der Waals surface area contributed by atoms with Crippen LogP contribution < -0.4 is 10.6 Å². The first kappa shape index (κ1) is 21.8. The molecule has 3 aromatic rings. The number of nitrogens with zero attached hydrogens (tertiary/aromatic N) is 2. The van der Waals surface area contributed by atoms with Gasteiger partial charge in [0, 0.05) is 31.2 Å². The molecule has 0 saturated carbocycles. The molecule has 166 valence electrons. The Hall–Kier alpha value is -3.45. The van der Waals surface area contributed by atoms with Crippen LogP contribution >= 0.6 is 0 Å². The Morgan fingerprint density at radius 3 is 2.69 bits per heavy atom. The fourth-order valence-electron chi connectivity index (χ4n) is 3.94. The van der Waals surface area contributed by atoms with Gasteiger partial charge >= 0.3 is 0 Å². The topological polar surface area (TPSA) is 88.8 Å². The predicted octanol–water partition coefficient (Wildman–Crippen LogP) is 4.58. The van der Waals surface area contributed by atoms with Crippen LogP contribution in [0.3, 0.4) is 0 Å². The Bertz CT molecular complexity index is 1090. The highest BCUT2D eigenvalue weighted by molar-refractivity contribution is 5.87. The Kier molecular flexibility index (Phi) is 6.97. The Labute approximate surface area is 187 Å². The maximum absolute atomic E-state index is 10.9. The number of benzene rings is 3. The molecule has 0 spiro atoms. The van der Waals surface area contributed by atoms with Gasteiger partial charge in [0.1, 0.15) is 0 Å². The highest BCUT2D eigenvalue weighted by Gasteiger charge is 2.17. The molecule has 32 heavy (non-hydrogen) atoms. The average Bonchev–Trinajstić information content (AvgIpc) is 3.34. The summed E-state index contributed by atoms with van der Waals surface area (Å²) in [6.07, 6.45) is 1.04. The zero-order valence-corrected chi connectivity index (χ0v) is 18.2. The molecule has 2 N–H and O–H groups in total. The van der Waals surface area contributed by atoms with E-state index in [1.807, 2.05) is 6.07 Å². The number of aliphatic imine (C=N–C) groups is 1. The monoisotopic (exact) mass is 432 g/mol. The molecule has 1 aliphatic rings. The molecule has 1 heterocycles. The summed E-state index contributed by atoms with van der Waals surface area (Å²) in [5.74, 6) is 1.19. The summed E-state index contributed by atoms with van der Waals surface area (Å²) in [6.45, 7) is 4.91. The molecular weight excluding hydrogens is 404 g/mol. The van der Waals surface area contributed by atoms with E-state index in [1.165, 1.54) is 28.5 Å². The number of nitrogens with one attached hydrogen (secondary N) is 2. The summed E-state index contributed by atoms with van der Waals surface area (Å²) < 4.78 is 5.49. The van der Waals surface area contributed by atoms with E-state index in [-0.39, 0.29) is 11.7 Å². The molecule has 1 fully saturated rings. The van der Waals surface area contributed by atoms with Crippen molar-refractivity contribution in [2.75, 3.05) is 19.8 Å². The van der Waals surface area contributed by atoms with Gasteiger partial charge in [-0.25, -0.2) is 4.99 Å². The summed E-state index contributed by atoms with van der Waals surface area (Å²) >= 11 is 0. The van der Waals surface area contributed by atoms with Crippen LogP contribution in [-0.4, -0.2) is 30.6 Å². The van der Waals surface area contributed by atoms with Crippen LogP contribution in [0.4, 0.5) is 5.69 Å². The van der Waals surface area contributed by atoms with Gasteiger partial charge < -0.3 is 15.4 Å². The van der Waals surface area contributed by atoms with Crippen LogP contribution in [0.5, 0.6) is 0 Å². The molecule has 7 heteroatoms. The van der Waals surface area contributed by atoms with Crippen molar-refractivity contribution in [3.05, 3.63) is 88.0 Å². The summed E-state index contributed by atoms with van der Waals surface area (Å²) in [6, 6.07) is 21.3. The first-order valence-electron chi connectivity index (χ1n) is 10.9. The standard InChI is InChI=1S/C25H28N4O3/c1-18(23-8-4-6-21-5-2-3-7-24(21)23)28-25(27-16-20-13-14-32-17-20)26-15-19-9-11-22(12-10-19)29(30)31/h2-12,18,20H,13-17H2,1H3,(H2,26,27,28). The van der Waals surface area contributed by atoms with Crippen molar-refractivity contribution >= 4 is 22.4 Å². The number of hydrogen-bond donors (Lipinski definition) is 2. The second-order valence-electron chi connectivity index (χ2n) is 8.13. The van der Waals surface area contributed by atoms with Crippen molar-refractivity contribution in [3.63, 3.8) is 0 Å². The lowest BCUT2D eigenvalue weighted by Crippen LogP contribution is -2.41. The van der Waals surface area contributed by atoms with Gasteiger partial charge in [0.15, 0.2) is 5.96 Å². The normalized spacial score (nSPS) is 17.3. The molecule has 7 nitrogen and oxygen atoms in total. The highest BCUT2D eigenvalue weighted by Crippen LogP contribution is 2.24. The number of ether oxygens (including phenoxy) is 1.